The fourth-order valence-electron chi connectivity index (χ4n) is 7.71. The molecule has 1 saturated carbocycles. The van der Waals surface area contributed by atoms with Crippen molar-refractivity contribution in [1.29, 1.82) is 0 Å². The summed E-state index contributed by atoms with van der Waals surface area (Å²) in [7, 11) is 2.16. The molecule has 2 saturated heterocycles. The van der Waals surface area contributed by atoms with Crippen LogP contribution < -0.4 is 4.74 Å². The molecule has 5 aliphatic rings. The van der Waals surface area contributed by atoms with Gasteiger partial charge in [0.05, 0.1) is 41.9 Å². The number of likely N-dealkylation sites (tertiary alicyclic amines) is 1. The zero-order valence-corrected chi connectivity index (χ0v) is 22.6. The Bertz CT molecular complexity index is 1240. The van der Waals surface area contributed by atoms with E-state index in [1.807, 2.05) is 0 Å². The first-order valence-electron chi connectivity index (χ1n) is 14.5. The van der Waals surface area contributed by atoms with Gasteiger partial charge in [-0.2, -0.15) is 4.98 Å². The number of likely N-dealkylation sites (N-methyl/N-ethyl adjacent to an activating group) is 1. The minimum atomic E-state index is -0.527. The highest BCUT2D eigenvalue weighted by molar-refractivity contribution is 5.91. The average Bonchev–Trinajstić information content (AvgIpc) is 3.67. The smallest absolute Gasteiger partial charge is 0.223 e. The van der Waals surface area contributed by atoms with E-state index < -0.39 is 5.41 Å². The maximum atomic E-state index is 13.2. The second-order valence-corrected chi connectivity index (χ2v) is 12.2. The molecule has 0 radical (unpaired) electrons. The topological polar surface area (TPSA) is 99.8 Å². The number of hydrogen-bond donors (Lipinski definition) is 0. The number of fused-ring (bicyclic) bond motifs is 4. The third-order valence-electron chi connectivity index (χ3n) is 9.87. The molecule has 204 valence electrons. The number of carbonyl (C=O) groups excluding carboxylic acids is 1. The summed E-state index contributed by atoms with van der Waals surface area (Å²) in [6.07, 6.45) is 9.20. The number of hydrogen-bond acceptors (Lipinski definition) is 9. The SMILES string of the molecule is C[C@H](Oc1nc(-c2noc3c2CCC[C@@]32CCCCC2=O)nc2c1COC[C@]21CCOC1)[C@@H]1CCCN1C. The van der Waals surface area contributed by atoms with Gasteiger partial charge in [0.25, 0.3) is 0 Å². The van der Waals surface area contributed by atoms with Crippen molar-refractivity contribution >= 4 is 5.78 Å². The molecule has 0 unspecified atom stereocenters. The van der Waals surface area contributed by atoms with Crippen LogP contribution in [0.15, 0.2) is 4.52 Å². The highest BCUT2D eigenvalue weighted by Gasteiger charge is 2.49. The van der Waals surface area contributed by atoms with Crippen molar-refractivity contribution in [1.82, 2.24) is 20.0 Å². The number of ether oxygens (including phenoxy) is 3. The van der Waals surface area contributed by atoms with Gasteiger partial charge in [-0.05, 0) is 71.9 Å². The predicted octanol–water partition coefficient (Wildman–Crippen LogP) is 3.90. The zero-order valence-electron chi connectivity index (χ0n) is 22.6. The largest absolute Gasteiger partial charge is 0.473 e. The van der Waals surface area contributed by atoms with Crippen LogP contribution in [0.4, 0.5) is 0 Å². The van der Waals surface area contributed by atoms with Gasteiger partial charge in [0.1, 0.15) is 11.9 Å². The third-order valence-corrected chi connectivity index (χ3v) is 9.87. The molecule has 7 rings (SSSR count). The number of nitrogens with zero attached hydrogens (tertiary/aromatic N) is 4. The first kappa shape index (κ1) is 24.7. The Morgan fingerprint density at radius 3 is 2.68 bits per heavy atom. The van der Waals surface area contributed by atoms with Crippen LogP contribution in [0.2, 0.25) is 0 Å². The van der Waals surface area contributed by atoms with Gasteiger partial charge in [0, 0.05) is 24.6 Å². The lowest BCUT2D eigenvalue weighted by molar-refractivity contribution is -0.128. The Labute approximate surface area is 223 Å². The van der Waals surface area contributed by atoms with Crippen LogP contribution in [0.25, 0.3) is 11.5 Å². The van der Waals surface area contributed by atoms with E-state index in [1.165, 1.54) is 6.42 Å². The maximum Gasteiger partial charge on any atom is 0.223 e. The summed E-state index contributed by atoms with van der Waals surface area (Å²) < 4.78 is 24.6. The fourth-order valence-corrected chi connectivity index (χ4v) is 7.71. The normalized spacial score (nSPS) is 32.1. The molecule has 0 amide bonds. The Morgan fingerprint density at radius 2 is 1.89 bits per heavy atom. The van der Waals surface area contributed by atoms with Crippen molar-refractivity contribution < 1.29 is 23.5 Å². The first-order chi connectivity index (χ1) is 18.5. The lowest BCUT2D eigenvalue weighted by Crippen LogP contribution is -2.41. The van der Waals surface area contributed by atoms with E-state index in [0.29, 0.717) is 62.1 Å². The van der Waals surface area contributed by atoms with Crippen molar-refractivity contribution in [2.75, 3.05) is 33.4 Å². The van der Waals surface area contributed by atoms with Crippen molar-refractivity contribution in [3.05, 3.63) is 22.6 Å². The van der Waals surface area contributed by atoms with Gasteiger partial charge in [0.15, 0.2) is 17.3 Å². The molecule has 5 heterocycles. The molecule has 0 N–H and O–H groups in total. The molecule has 2 aromatic heterocycles. The van der Waals surface area contributed by atoms with Crippen LogP contribution in [-0.4, -0.2) is 71.4 Å². The molecule has 3 aliphatic heterocycles. The van der Waals surface area contributed by atoms with Crippen LogP contribution in [0.1, 0.15) is 87.3 Å². The van der Waals surface area contributed by atoms with Crippen molar-refractivity contribution in [2.24, 2.45) is 0 Å². The van der Waals surface area contributed by atoms with Gasteiger partial charge in [-0.15, -0.1) is 0 Å². The lowest BCUT2D eigenvalue weighted by atomic mass is 9.64. The highest BCUT2D eigenvalue weighted by atomic mass is 16.5. The Hall–Kier alpha value is -2.36. The molecule has 2 aromatic rings. The Morgan fingerprint density at radius 1 is 1.03 bits per heavy atom. The summed E-state index contributed by atoms with van der Waals surface area (Å²) in [6, 6.07) is 0.342. The summed E-state index contributed by atoms with van der Waals surface area (Å²) in [5, 5.41) is 4.55. The van der Waals surface area contributed by atoms with E-state index in [2.05, 4.69) is 24.0 Å². The van der Waals surface area contributed by atoms with E-state index in [4.69, 9.17) is 28.7 Å². The van der Waals surface area contributed by atoms with Crippen LogP contribution in [-0.2, 0) is 38.1 Å². The molecule has 2 spiro atoms. The van der Waals surface area contributed by atoms with E-state index in [-0.39, 0.29) is 11.5 Å². The summed E-state index contributed by atoms with van der Waals surface area (Å²) in [5.74, 6) is 2.18. The number of aromatic nitrogens is 3. The van der Waals surface area contributed by atoms with Crippen molar-refractivity contribution in [3.63, 3.8) is 0 Å². The minimum Gasteiger partial charge on any atom is -0.473 e. The van der Waals surface area contributed by atoms with Crippen LogP contribution in [0.3, 0.4) is 0 Å². The van der Waals surface area contributed by atoms with Gasteiger partial charge in [-0.25, -0.2) is 4.98 Å². The quantitative estimate of drug-likeness (QED) is 0.592. The molecular weight excluding hydrogens is 484 g/mol. The molecule has 0 bridgehead atoms. The van der Waals surface area contributed by atoms with E-state index in [9.17, 15) is 4.79 Å². The second-order valence-electron chi connectivity index (χ2n) is 12.2. The lowest BCUT2D eigenvalue weighted by Gasteiger charge is -2.37. The van der Waals surface area contributed by atoms with Crippen LogP contribution in [0, 0.1) is 0 Å². The molecule has 9 nitrogen and oxygen atoms in total. The maximum absolute atomic E-state index is 13.2. The molecular formula is C29H38N4O5. The molecule has 9 heteroatoms. The number of carbonyl (C=O) groups is 1. The molecule has 4 atom stereocenters. The minimum absolute atomic E-state index is 0.0265. The van der Waals surface area contributed by atoms with E-state index in [0.717, 1.165) is 80.5 Å². The van der Waals surface area contributed by atoms with Gasteiger partial charge >= 0.3 is 0 Å². The zero-order chi connectivity index (χ0) is 25.9. The molecule has 2 aliphatic carbocycles. The summed E-state index contributed by atoms with van der Waals surface area (Å²) >= 11 is 0. The Balaban J connectivity index is 1.33. The number of rotatable bonds is 4. The first-order valence-corrected chi connectivity index (χ1v) is 14.5. The average molecular weight is 523 g/mol. The summed E-state index contributed by atoms with van der Waals surface area (Å²) in [6.45, 7) is 5.48. The standard InChI is InChI=1S/C29H38N4O5/c1-18(21-8-6-13-33(21)2)37-27-20-15-36-17-28(12-14-35-16-28)24(20)30-26(31-27)23-19-7-5-11-29(25(19)38-32-23)10-4-3-9-22(29)34/h18,21H,3-17H2,1-2H3/t18-,21-,28+,29+/m0/s1. The third kappa shape index (κ3) is 3.76. The second kappa shape index (κ2) is 9.38. The number of ketones is 1. The van der Waals surface area contributed by atoms with Gasteiger partial charge in [-0.1, -0.05) is 11.6 Å². The van der Waals surface area contributed by atoms with Crippen LogP contribution in [0.5, 0.6) is 5.88 Å². The van der Waals surface area contributed by atoms with Gasteiger partial charge in [-0.3, -0.25) is 9.69 Å². The molecule has 38 heavy (non-hydrogen) atoms. The van der Waals surface area contributed by atoms with E-state index >= 15 is 0 Å². The monoisotopic (exact) mass is 522 g/mol. The van der Waals surface area contributed by atoms with Crippen LogP contribution >= 0.6 is 0 Å². The summed E-state index contributed by atoms with van der Waals surface area (Å²) in [5.41, 5.74) is 2.72. The Kier molecular flexibility index (Phi) is 6.09. The molecule has 0 aromatic carbocycles. The highest BCUT2D eigenvalue weighted by Crippen LogP contribution is 2.48. The van der Waals surface area contributed by atoms with Crippen molar-refractivity contribution in [3.8, 4) is 17.4 Å². The molecule has 3 fully saturated rings. The predicted molar refractivity (Wildman–Crippen MR) is 138 cm³/mol. The summed E-state index contributed by atoms with van der Waals surface area (Å²) in [4.78, 5) is 25.7. The number of Topliss-reactive ketones (excluding diaryl/α,β-unsaturated/α-hetero) is 1. The van der Waals surface area contributed by atoms with Gasteiger partial charge < -0.3 is 18.7 Å². The van der Waals surface area contributed by atoms with E-state index in [1.54, 1.807) is 0 Å². The fraction of sp³-hybridized carbons (Fsp3) is 0.724. The van der Waals surface area contributed by atoms with Gasteiger partial charge in [0.2, 0.25) is 5.88 Å². The van der Waals surface area contributed by atoms with Crippen molar-refractivity contribution in [2.45, 2.75) is 101 Å².